The van der Waals surface area contributed by atoms with Gasteiger partial charge in [0.2, 0.25) is 0 Å². The van der Waals surface area contributed by atoms with Crippen molar-refractivity contribution in [3.8, 4) is 18.1 Å². The van der Waals surface area contributed by atoms with Crippen LogP contribution in [0.4, 0.5) is 0 Å². The highest BCUT2D eigenvalue weighted by Crippen LogP contribution is 2.62. The molecular weight excluding hydrogens is 421 g/mol. The molecule has 0 spiro atoms. The van der Waals surface area contributed by atoms with Crippen LogP contribution in [0.1, 0.15) is 38.7 Å². The molecule has 4 rings (SSSR count). The predicted octanol–water partition coefficient (Wildman–Crippen LogP) is 6.76. The third kappa shape index (κ3) is 5.49. The molecule has 0 heterocycles. The van der Waals surface area contributed by atoms with Crippen molar-refractivity contribution in [3.05, 3.63) is 29.8 Å². The number of benzene rings is 1. The molecule has 3 unspecified atom stereocenters. The molecule has 3 atom stereocenters. The van der Waals surface area contributed by atoms with Crippen LogP contribution in [0.5, 0.6) is 5.75 Å². The van der Waals surface area contributed by atoms with Gasteiger partial charge >= 0.3 is 17.1 Å². The zero-order valence-corrected chi connectivity index (χ0v) is 23.2. The number of terminal acetylenes is 1. The lowest BCUT2D eigenvalue weighted by Crippen LogP contribution is -2.57. The molecule has 0 amide bonds. The Bertz CT molecular complexity index is 791. The van der Waals surface area contributed by atoms with Gasteiger partial charge in [-0.2, -0.15) is 0 Å². The Balaban J connectivity index is 1.59. The quantitative estimate of drug-likeness (QED) is 0.317. The maximum Gasteiger partial charge on any atom is 0.383 e. The van der Waals surface area contributed by atoms with Gasteiger partial charge in [0.1, 0.15) is 5.75 Å². The van der Waals surface area contributed by atoms with E-state index in [1.165, 1.54) is 25.3 Å². The third-order valence-corrected chi connectivity index (χ3v) is 17.5. The highest BCUT2D eigenvalue weighted by atomic mass is 28.5. The highest BCUT2D eigenvalue weighted by Gasteiger charge is 2.55. The van der Waals surface area contributed by atoms with Gasteiger partial charge in [-0.05, 0) is 106 Å². The molecule has 1 aromatic carbocycles. The zero-order valence-electron chi connectivity index (χ0n) is 20.2. The molecule has 30 heavy (non-hydrogen) atoms. The van der Waals surface area contributed by atoms with Gasteiger partial charge < -0.3 is 12.7 Å². The van der Waals surface area contributed by atoms with E-state index in [1.807, 2.05) is 24.3 Å². The smallest absolute Gasteiger partial charge is 0.383 e. The lowest BCUT2D eigenvalue weighted by Gasteiger charge is -2.61. The fraction of sp³-hybridized carbons (Fsp3) is 0.667. The second kappa shape index (κ2) is 8.25. The molecule has 2 bridgehead atoms. The molecule has 3 fully saturated rings. The molecule has 0 radical (unpaired) electrons. The number of fused-ring (bicyclic) bond motifs is 2. The molecule has 0 saturated heterocycles. The molecule has 3 aliphatic carbocycles. The summed E-state index contributed by atoms with van der Waals surface area (Å²) in [4.78, 5) is 0. The molecule has 166 valence electrons. The summed E-state index contributed by atoms with van der Waals surface area (Å²) in [7, 11) is -6.52. The van der Waals surface area contributed by atoms with Gasteiger partial charge in [-0.3, -0.25) is 0 Å². The Morgan fingerprint density at radius 2 is 1.60 bits per heavy atom. The second-order valence-electron chi connectivity index (χ2n) is 11.4. The summed E-state index contributed by atoms with van der Waals surface area (Å²) in [6, 6.07) is 8.93. The largest absolute Gasteiger partial charge is 0.521 e. The van der Waals surface area contributed by atoms with Gasteiger partial charge in [0.25, 0.3) is 0 Å². The van der Waals surface area contributed by atoms with Crippen molar-refractivity contribution < 1.29 is 12.7 Å². The summed E-state index contributed by atoms with van der Waals surface area (Å²) in [5.74, 6) is 6.13. The van der Waals surface area contributed by atoms with Crippen molar-refractivity contribution in [1.29, 1.82) is 0 Å². The average Bonchev–Trinajstić information content (AvgIpc) is 2.59. The second-order valence-corrected chi connectivity index (χ2v) is 22.8. The average molecular weight is 461 g/mol. The summed E-state index contributed by atoms with van der Waals surface area (Å²) in [6.45, 7) is 18.3. The standard InChI is InChI=1S/C24H40O3Si3/c1-10-19-11-15-22(16-12-19)25-29(6,7)27-30(8,9)26-28(4,5)18-20-13-14-21-17-23(20)24(21,2)3/h1,11-12,15-16,20-21,23H,13-14,17-18H2,2-9H3. The molecule has 0 aromatic heterocycles. The lowest BCUT2D eigenvalue weighted by atomic mass is 9.46. The van der Waals surface area contributed by atoms with Crippen molar-refractivity contribution in [3.63, 3.8) is 0 Å². The maximum atomic E-state index is 6.86. The minimum atomic E-state index is -2.38. The van der Waals surface area contributed by atoms with E-state index in [0.29, 0.717) is 5.41 Å². The molecule has 3 saturated carbocycles. The summed E-state index contributed by atoms with van der Waals surface area (Å²) in [6.07, 6.45) is 9.68. The molecule has 0 aliphatic heterocycles. The molecular formula is C24H40O3Si3. The minimum absolute atomic E-state index is 0.536. The van der Waals surface area contributed by atoms with Gasteiger partial charge in [-0.1, -0.05) is 26.2 Å². The summed E-state index contributed by atoms with van der Waals surface area (Å²) >= 11 is 0. The van der Waals surface area contributed by atoms with Gasteiger partial charge in [-0.25, -0.2) is 0 Å². The number of hydrogen-bond donors (Lipinski definition) is 0. The first-order chi connectivity index (χ1) is 13.7. The van der Waals surface area contributed by atoms with Crippen LogP contribution in [-0.2, 0) is 8.23 Å². The first-order valence-corrected chi connectivity index (χ1v) is 20.1. The predicted molar refractivity (Wildman–Crippen MR) is 133 cm³/mol. The van der Waals surface area contributed by atoms with Crippen LogP contribution in [0.25, 0.3) is 0 Å². The van der Waals surface area contributed by atoms with Crippen molar-refractivity contribution in [2.45, 2.75) is 78.4 Å². The molecule has 6 heteroatoms. The number of rotatable bonds is 8. The van der Waals surface area contributed by atoms with E-state index in [9.17, 15) is 0 Å². The van der Waals surface area contributed by atoms with Crippen LogP contribution in [0.2, 0.25) is 45.3 Å². The van der Waals surface area contributed by atoms with E-state index in [0.717, 1.165) is 29.1 Å². The third-order valence-electron chi connectivity index (χ3n) is 7.15. The van der Waals surface area contributed by atoms with E-state index in [1.54, 1.807) is 0 Å². The van der Waals surface area contributed by atoms with Crippen LogP contribution in [0.3, 0.4) is 0 Å². The first-order valence-electron chi connectivity index (χ1n) is 11.4. The van der Waals surface area contributed by atoms with Crippen molar-refractivity contribution in [1.82, 2.24) is 0 Å². The van der Waals surface area contributed by atoms with Crippen molar-refractivity contribution in [2.24, 2.45) is 23.2 Å². The van der Waals surface area contributed by atoms with Crippen LogP contribution in [-0.4, -0.2) is 25.4 Å². The Morgan fingerprint density at radius 1 is 0.967 bits per heavy atom. The first kappa shape index (κ1) is 23.8. The zero-order chi connectivity index (χ0) is 22.4. The van der Waals surface area contributed by atoms with E-state index < -0.39 is 25.4 Å². The van der Waals surface area contributed by atoms with Crippen LogP contribution >= 0.6 is 0 Å². The fourth-order valence-corrected chi connectivity index (χ4v) is 19.6. The molecule has 1 aromatic rings. The fourth-order valence-electron chi connectivity index (χ4n) is 6.08. The normalized spacial score (nSPS) is 25.9. The van der Waals surface area contributed by atoms with E-state index >= 15 is 0 Å². The monoisotopic (exact) mass is 460 g/mol. The summed E-state index contributed by atoms with van der Waals surface area (Å²) in [5.41, 5.74) is 1.39. The number of hydrogen-bond acceptors (Lipinski definition) is 3. The SMILES string of the molecule is C#Cc1ccc(O[Si](C)(C)O[Si](C)(C)O[Si](C)(C)CC2CCC3CC2C3(C)C)cc1. The molecule has 3 aliphatic rings. The Labute approximate surface area is 187 Å². The van der Waals surface area contributed by atoms with Crippen LogP contribution < -0.4 is 4.43 Å². The van der Waals surface area contributed by atoms with Crippen LogP contribution in [0, 0.1) is 35.5 Å². The lowest BCUT2D eigenvalue weighted by molar-refractivity contribution is -0.0995. The topological polar surface area (TPSA) is 27.7 Å². The van der Waals surface area contributed by atoms with Gasteiger partial charge in [0, 0.05) is 5.56 Å². The van der Waals surface area contributed by atoms with Gasteiger partial charge in [0.05, 0.1) is 0 Å². The van der Waals surface area contributed by atoms with Crippen LogP contribution in [0.15, 0.2) is 24.3 Å². The summed E-state index contributed by atoms with van der Waals surface area (Å²) in [5, 5.41) is 0. The molecule has 0 N–H and O–H groups in total. The van der Waals surface area contributed by atoms with E-state index in [-0.39, 0.29) is 0 Å². The van der Waals surface area contributed by atoms with Gasteiger partial charge in [0.15, 0.2) is 8.32 Å². The Morgan fingerprint density at radius 3 is 2.13 bits per heavy atom. The maximum absolute atomic E-state index is 6.86. The van der Waals surface area contributed by atoms with E-state index in [4.69, 9.17) is 19.1 Å². The minimum Gasteiger partial charge on any atom is -0.521 e. The van der Waals surface area contributed by atoms with Crippen molar-refractivity contribution >= 4 is 25.4 Å². The summed E-state index contributed by atoms with van der Waals surface area (Å²) < 4.78 is 19.7. The van der Waals surface area contributed by atoms with E-state index in [2.05, 4.69) is 59.0 Å². The Hall–Kier alpha value is -0.849. The molecule has 3 nitrogen and oxygen atoms in total. The Kier molecular flexibility index (Phi) is 6.55. The van der Waals surface area contributed by atoms with Crippen molar-refractivity contribution in [2.75, 3.05) is 0 Å². The highest BCUT2D eigenvalue weighted by molar-refractivity contribution is 6.86. The van der Waals surface area contributed by atoms with Gasteiger partial charge in [-0.15, -0.1) is 6.42 Å².